The number of nitrogens with two attached hydrogens (primary N) is 1. The van der Waals surface area contributed by atoms with Crippen LogP contribution < -0.4 is 5.73 Å². The van der Waals surface area contributed by atoms with E-state index in [0.717, 1.165) is 25.9 Å². The number of hydrogen-bond donors (Lipinski definition) is 1. The standard InChI is InChI=1S/C17H32N2O2.ClH/c1-17(2,3)15(18)16(20)19-11-9-14(10-12-19)21-13-7-5-4-6-8-13;/h13-15H,4-12,18H2,1-3H3;1H/t15-;/m1./s1. The Labute approximate surface area is 141 Å². The van der Waals surface area contributed by atoms with Crippen LogP contribution in [0, 0.1) is 5.41 Å². The molecule has 4 nitrogen and oxygen atoms in total. The minimum absolute atomic E-state index is 0. The van der Waals surface area contributed by atoms with Crippen LogP contribution in [0.4, 0.5) is 0 Å². The second-order valence-corrected chi connectivity index (χ2v) is 7.76. The number of hydrogen-bond acceptors (Lipinski definition) is 3. The molecule has 22 heavy (non-hydrogen) atoms. The van der Waals surface area contributed by atoms with Crippen molar-refractivity contribution < 1.29 is 9.53 Å². The third kappa shape index (κ3) is 5.39. The van der Waals surface area contributed by atoms with Gasteiger partial charge in [0, 0.05) is 13.1 Å². The summed E-state index contributed by atoms with van der Waals surface area (Å²) in [6.45, 7) is 7.65. The molecule has 1 aliphatic carbocycles. The van der Waals surface area contributed by atoms with Crippen molar-refractivity contribution in [2.75, 3.05) is 13.1 Å². The van der Waals surface area contributed by atoms with Gasteiger partial charge in [-0.2, -0.15) is 0 Å². The Bertz CT molecular complexity index is 343. The molecule has 1 aliphatic heterocycles. The first-order valence-corrected chi connectivity index (χ1v) is 8.58. The van der Waals surface area contributed by atoms with E-state index in [1.807, 2.05) is 25.7 Å². The third-order valence-electron chi connectivity index (χ3n) is 4.89. The van der Waals surface area contributed by atoms with Crippen LogP contribution in [0.15, 0.2) is 0 Å². The first-order chi connectivity index (χ1) is 9.88. The summed E-state index contributed by atoms with van der Waals surface area (Å²) < 4.78 is 6.22. The van der Waals surface area contributed by atoms with E-state index in [-0.39, 0.29) is 23.7 Å². The molecule has 0 aromatic carbocycles. The van der Waals surface area contributed by atoms with Crippen LogP contribution in [0.3, 0.4) is 0 Å². The molecule has 0 unspecified atom stereocenters. The van der Waals surface area contributed by atoms with Crippen molar-refractivity contribution in [3.05, 3.63) is 0 Å². The zero-order valence-electron chi connectivity index (χ0n) is 14.3. The average Bonchev–Trinajstić information content (AvgIpc) is 2.46. The number of carbonyl (C=O) groups is 1. The summed E-state index contributed by atoms with van der Waals surface area (Å²) in [5.41, 5.74) is 5.91. The molecule has 1 saturated carbocycles. The van der Waals surface area contributed by atoms with Crippen molar-refractivity contribution in [2.45, 2.75) is 84.0 Å². The molecule has 2 aliphatic rings. The molecule has 2 fully saturated rings. The molecule has 5 heteroatoms. The Hall–Kier alpha value is -0.320. The van der Waals surface area contributed by atoms with Crippen LogP contribution >= 0.6 is 12.4 Å². The highest BCUT2D eigenvalue weighted by Crippen LogP contribution is 2.26. The van der Waals surface area contributed by atoms with Crippen molar-refractivity contribution in [1.82, 2.24) is 4.90 Å². The van der Waals surface area contributed by atoms with E-state index in [2.05, 4.69) is 0 Å². The average molecular weight is 333 g/mol. The van der Waals surface area contributed by atoms with Crippen molar-refractivity contribution in [1.29, 1.82) is 0 Å². The van der Waals surface area contributed by atoms with Crippen molar-refractivity contribution in [2.24, 2.45) is 11.1 Å². The first-order valence-electron chi connectivity index (χ1n) is 8.58. The lowest BCUT2D eigenvalue weighted by atomic mass is 9.86. The van der Waals surface area contributed by atoms with Crippen LogP contribution in [-0.4, -0.2) is 42.1 Å². The van der Waals surface area contributed by atoms with Crippen LogP contribution in [0.2, 0.25) is 0 Å². The lowest BCUT2D eigenvalue weighted by Gasteiger charge is -2.37. The van der Waals surface area contributed by atoms with Gasteiger partial charge >= 0.3 is 0 Å². The monoisotopic (exact) mass is 332 g/mol. The molecule has 0 aromatic rings. The second-order valence-electron chi connectivity index (χ2n) is 7.76. The molecule has 1 amide bonds. The van der Waals surface area contributed by atoms with Gasteiger partial charge in [0.25, 0.3) is 0 Å². The van der Waals surface area contributed by atoms with E-state index < -0.39 is 6.04 Å². The molecule has 2 N–H and O–H groups in total. The number of carbonyl (C=O) groups excluding carboxylic acids is 1. The zero-order valence-corrected chi connectivity index (χ0v) is 15.2. The predicted octanol–water partition coefficient (Wildman–Crippen LogP) is 3.12. The molecule has 1 heterocycles. The number of rotatable bonds is 3. The highest BCUT2D eigenvalue weighted by molar-refractivity contribution is 5.85. The third-order valence-corrected chi connectivity index (χ3v) is 4.89. The van der Waals surface area contributed by atoms with Gasteiger partial charge in [-0.3, -0.25) is 4.79 Å². The van der Waals surface area contributed by atoms with E-state index >= 15 is 0 Å². The SMILES string of the molecule is CC(C)(C)[C@H](N)C(=O)N1CCC(OC2CCCCC2)CC1.Cl. The van der Waals surface area contributed by atoms with E-state index in [4.69, 9.17) is 10.5 Å². The Kier molecular flexibility index (Phi) is 7.63. The first kappa shape index (κ1) is 19.7. The maximum atomic E-state index is 12.4. The predicted molar refractivity (Wildman–Crippen MR) is 92.2 cm³/mol. The van der Waals surface area contributed by atoms with E-state index in [1.54, 1.807) is 0 Å². The van der Waals surface area contributed by atoms with Gasteiger partial charge in [0.15, 0.2) is 0 Å². The molecule has 2 rings (SSSR count). The van der Waals surface area contributed by atoms with Gasteiger partial charge in [-0.25, -0.2) is 0 Å². The summed E-state index contributed by atoms with van der Waals surface area (Å²) in [5, 5.41) is 0. The van der Waals surface area contributed by atoms with Gasteiger partial charge in [-0.05, 0) is 31.1 Å². The fourth-order valence-electron chi connectivity index (χ4n) is 3.25. The summed E-state index contributed by atoms with van der Waals surface area (Å²) >= 11 is 0. The molecule has 0 aromatic heterocycles. The number of likely N-dealkylation sites (tertiary alicyclic amines) is 1. The van der Waals surface area contributed by atoms with Crippen LogP contribution in [0.25, 0.3) is 0 Å². The summed E-state index contributed by atoms with van der Waals surface area (Å²) in [6, 6.07) is -0.409. The number of ether oxygens (including phenoxy) is 1. The van der Waals surface area contributed by atoms with Crippen LogP contribution in [0.1, 0.15) is 65.7 Å². The minimum Gasteiger partial charge on any atom is -0.375 e. The molecular formula is C17H33ClN2O2. The fourth-order valence-corrected chi connectivity index (χ4v) is 3.25. The highest BCUT2D eigenvalue weighted by atomic mass is 35.5. The summed E-state index contributed by atoms with van der Waals surface area (Å²) in [4.78, 5) is 14.3. The second kappa shape index (κ2) is 8.51. The van der Waals surface area contributed by atoms with Gasteiger partial charge in [0.2, 0.25) is 5.91 Å². The summed E-state index contributed by atoms with van der Waals surface area (Å²) in [6.07, 6.45) is 9.12. The normalized spacial score (nSPS) is 23.0. The summed E-state index contributed by atoms with van der Waals surface area (Å²) in [5.74, 6) is 0.0959. The Morgan fingerprint density at radius 3 is 2.05 bits per heavy atom. The van der Waals surface area contributed by atoms with Crippen LogP contribution in [-0.2, 0) is 9.53 Å². The maximum Gasteiger partial charge on any atom is 0.240 e. The van der Waals surface area contributed by atoms with Gasteiger partial charge in [-0.1, -0.05) is 40.0 Å². The Balaban J connectivity index is 0.00000242. The molecule has 1 saturated heterocycles. The van der Waals surface area contributed by atoms with Crippen molar-refractivity contribution in [3.8, 4) is 0 Å². The number of piperidine rings is 1. The molecule has 0 radical (unpaired) electrons. The molecule has 1 atom stereocenters. The Morgan fingerprint density at radius 1 is 1.05 bits per heavy atom. The lowest BCUT2D eigenvalue weighted by molar-refractivity contribution is -0.138. The number of nitrogens with zero attached hydrogens (tertiary/aromatic N) is 1. The largest absolute Gasteiger partial charge is 0.375 e. The van der Waals surface area contributed by atoms with Crippen LogP contribution in [0.5, 0.6) is 0 Å². The zero-order chi connectivity index (χ0) is 15.5. The lowest BCUT2D eigenvalue weighted by Crippen LogP contribution is -2.53. The van der Waals surface area contributed by atoms with Gasteiger partial charge in [0.1, 0.15) is 0 Å². The summed E-state index contributed by atoms with van der Waals surface area (Å²) in [7, 11) is 0. The fraction of sp³-hybridized carbons (Fsp3) is 0.941. The highest BCUT2D eigenvalue weighted by Gasteiger charge is 2.33. The number of amides is 1. The smallest absolute Gasteiger partial charge is 0.240 e. The Morgan fingerprint density at radius 2 is 1.55 bits per heavy atom. The molecular weight excluding hydrogens is 300 g/mol. The number of halogens is 1. The van der Waals surface area contributed by atoms with Gasteiger partial charge < -0.3 is 15.4 Å². The van der Waals surface area contributed by atoms with Crippen molar-refractivity contribution >= 4 is 18.3 Å². The molecule has 130 valence electrons. The maximum absolute atomic E-state index is 12.4. The van der Waals surface area contributed by atoms with Crippen molar-refractivity contribution in [3.63, 3.8) is 0 Å². The van der Waals surface area contributed by atoms with E-state index in [0.29, 0.717) is 12.2 Å². The van der Waals surface area contributed by atoms with Gasteiger partial charge in [0.05, 0.1) is 18.2 Å². The minimum atomic E-state index is -0.409. The quantitative estimate of drug-likeness (QED) is 0.863. The van der Waals surface area contributed by atoms with E-state index in [9.17, 15) is 4.79 Å². The molecule has 0 spiro atoms. The molecule has 0 bridgehead atoms. The van der Waals surface area contributed by atoms with Gasteiger partial charge in [-0.15, -0.1) is 12.4 Å². The van der Waals surface area contributed by atoms with E-state index in [1.165, 1.54) is 32.1 Å². The topological polar surface area (TPSA) is 55.6 Å².